The van der Waals surface area contributed by atoms with Crippen molar-refractivity contribution in [3.63, 3.8) is 0 Å². The van der Waals surface area contributed by atoms with Crippen LogP contribution in [0.2, 0.25) is 0 Å². The van der Waals surface area contributed by atoms with Crippen molar-refractivity contribution in [3.05, 3.63) is 82.4 Å². The van der Waals surface area contributed by atoms with E-state index in [0.29, 0.717) is 23.7 Å². The summed E-state index contributed by atoms with van der Waals surface area (Å²) in [7, 11) is 3.23. The van der Waals surface area contributed by atoms with Gasteiger partial charge in [0.1, 0.15) is 18.1 Å². The van der Waals surface area contributed by atoms with Crippen molar-refractivity contribution in [2.24, 2.45) is 0 Å². The monoisotopic (exact) mass is 391 g/mol. The molecule has 0 unspecified atom stereocenters. The van der Waals surface area contributed by atoms with Crippen LogP contribution in [0.1, 0.15) is 11.4 Å². The molecule has 4 aromatic rings. The van der Waals surface area contributed by atoms with Crippen molar-refractivity contribution >= 4 is 5.65 Å². The van der Waals surface area contributed by atoms with Crippen molar-refractivity contribution < 1.29 is 14.2 Å². The molecule has 0 bridgehead atoms. The topological polar surface area (TPSA) is 77.9 Å². The lowest BCUT2D eigenvalue weighted by molar-refractivity contribution is 0.181. The van der Waals surface area contributed by atoms with E-state index in [-0.39, 0.29) is 12.2 Å². The van der Waals surface area contributed by atoms with Gasteiger partial charge in [0.05, 0.1) is 25.1 Å². The first kappa shape index (κ1) is 18.8. The van der Waals surface area contributed by atoms with Gasteiger partial charge in [0.2, 0.25) is 0 Å². The molecule has 148 valence electrons. The van der Waals surface area contributed by atoms with Crippen molar-refractivity contribution in [2.75, 3.05) is 14.2 Å². The average Bonchev–Trinajstić information content (AvgIpc) is 3.12. The number of nitrogens with zero attached hydrogens (tertiary/aromatic N) is 2. The normalized spacial score (nSPS) is 11.0. The second-order valence-corrected chi connectivity index (χ2v) is 6.47. The molecule has 1 N–H and O–H groups in total. The van der Waals surface area contributed by atoms with Gasteiger partial charge in [-0.2, -0.15) is 0 Å². The standard InChI is InChI=1S/C22H21N3O4/c1-27-14-19-21(15-6-4-3-5-7-15)22-23-16(12-20(26)25(22)24-19)13-29-18-10-8-17(28-2)9-11-18/h3-12,24H,13-14H2,1-2H3. The highest BCUT2D eigenvalue weighted by Gasteiger charge is 2.17. The van der Waals surface area contributed by atoms with Gasteiger partial charge >= 0.3 is 0 Å². The SMILES string of the molecule is COCc1[nH]n2c(=O)cc(COc3ccc(OC)cc3)nc2c1-c1ccccc1. The van der Waals surface area contributed by atoms with Crippen molar-refractivity contribution in [1.82, 2.24) is 14.6 Å². The van der Waals surface area contributed by atoms with Crippen molar-refractivity contribution in [2.45, 2.75) is 13.2 Å². The molecule has 7 heteroatoms. The number of aromatic amines is 1. The fraction of sp³-hybridized carbons (Fsp3) is 0.182. The average molecular weight is 391 g/mol. The van der Waals surface area contributed by atoms with Crippen LogP contribution in [0.15, 0.2) is 65.5 Å². The third-order valence-electron chi connectivity index (χ3n) is 4.54. The Morgan fingerprint density at radius 1 is 0.966 bits per heavy atom. The van der Waals surface area contributed by atoms with E-state index in [0.717, 1.165) is 22.6 Å². The van der Waals surface area contributed by atoms with Crippen LogP contribution in [0, 0.1) is 0 Å². The third kappa shape index (κ3) is 3.86. The predicted octanol–water partition coefficient (Wildman–Crippen LogP) is 3.42. The van der Waals surface area contributed by atoms with Gasteiger partial charge in [-0.1, -0.05) is 30.3 Å². The molecule has 0 atom stereocenters. The van der Waals surface area contributed by atoms with Gasteiger partial charge in [-0.05, 0) is 29.8 Å². The summed E-state index contributed by atoms with van der Waals surface area (Å²) in [5.41, 5.74) is 3.48. The molecule has 2 aromatic carbocycles. The summed E-state index contributed by atoms with van der Waals surface area (Å²) in [6, 6.07) is 18.5. The molecule has 4 rings (SSSR count). The molecule has 0 aliphatic heterocycles. The van der Waals surface area contributed by atoms with Crippen LogP contribution in [0.25, 0.3) is 16.8 Å². The molecule has 0 fully saturated rings. The van der Waals surface area contributed by atoms with Gasteiger partial charge < -0.3 is 14.2 Å². The summed E-state index contributed by atoms with van der Waals surface area (Å²) in [6.07, 6.45) is 0. The molecule has 29 heavy (non-hydrogen) atoms. The number of H-pyrrole nitrogens is 1. The van der Waals surface area contributed by atoms with Crippen molar-refractivity contribution in [3.8, 4) is 22.6 Å². The smallest absolute Gasteiger partial charge is 0.273 e. The number of methoxy groups -OCH3 is 2. The fourth-order valence-corrected chi connectivity index (χ4v) is 3.19. The Hall–Kier alpha value is -3.58. The molecule has 2 heterocycles. The predicted molar refractivity (Wildman–Crippen MR) is 109 cm³/mol. The zero-order chi connectivity index (χ0) is 20.2. The van der Waals surface area contributed by atoms with Gasteiger partial charge in [-0.25, -0.2) is 9.50 Å². The first-order valence-electron chi connectivity index (χ1n) is 9.14. The van der Waals surface area contributed by atoms with E-state index < -0.39 is 0 Å². The van der Waals surface area contributed by atoms with Crippen LogP contribution in [0.5, 0.6) is 11.5 Å². The molecule has 0 aliphatic rings. The Labute approximate surface area is 167 Å². The lowest BCUT2D eigenvalue weighted by atomic mass is 10.1. The number of ether oxygens (including phenoxy) is 3. The number of benzene rings is 2. The second-order valence-electron chi connectivity index (χ2n) is 6.47. The highest BCUT2D eigenvalue weighted by molar-refractivity contribution is 5.79. The summed E-state index contributed by atoms with van der Waals surface area (Å²) < 4.78 is 17.7. The van der Waals surface area contributed by atoms with E-state index in [4.69, 9.17) is 19.2 Å². The maximum Gasteiger partial charge on any atom is 0.273 e. The van der Waals surface area contributed by atoms with Crippen LogP contribution in [-0.2, 0) is 18.0 Å². The number of hydrogen-bond donors (Lipinski definition) is 1. The molecular weight excluding hydrogens is 370 g/mol. The molecule has 0 saturated carbocycles. The Morgan fingerprint density at radius 3 is 2.38 bits per heavy atom. The summed E-state index contributed by atoms with van der Waals surface area (Å²) in [5.74, 6) is 1.42. The van der Waals surface area contributed by atoms with Crippen molar-refractivity contribution in [1.29, 1.82) is 0 Å². The minimum Gasteiger partial charge on any atom is -0.497 e. The first-order valence-corrected chi connectivity index (χ1v) is 9.14. The largest absolute Gasteiger partial charge is 0.497 e. The molecule has 0 spiro atoms. The number of rotatable bonds is 7. The minimum absolute atomic E-state index is 0.178. The molecular formula is C22H21N3O4. The minimum atomic E-state index is -0.206. The van der Waals surface area contributed by atoms with E-state index in [9.17, 15) is 4.79 Å². The summed E-state index contributed by atoms with van der Waals surface area (Å²) in [6.45, 7) is 0.516. The molecule has 7 nitrogen and oxygen atoms in total. The van der Waals surface area contributed by atoms with Gasteiger partial charge in [0.25, 0.3) is 5.56 Å². The van der Waals surface area contributed by atoms with Crippen LogP contribution in [-0.4, -0.2) is 28.8 Å². The molecule has 0 amide bonds. The summed E-state index contributed by atoms with van der Waals surface area (Å²) in [4.78, 5) is 17.4. The molecule has 2 aromatic heterocycles. The zero-order valence-electron chi connectivity index (χ0n) is 16.2. The van der Waals surface area contributed by atoms with Crippen LogP contribution in [0.4, 0.5) is 0 Å². The maximum atomic E-state index is 12.7. The van der Waals surface area contributed by atoms with Crippen LogP contribution < -0.4 is 15.0 Å². The summed E-state index contributed by atoms with van der Waals surface area (Å²) >= 11 is 0. The van der Waals surface area contributed by atoms with Gasteiger partial charge in [-0.3, -0.25) is 9.89 Å². The number of hydrogen-bond acceptors (Lipinski definition) is 5. The van der Waals surface area contributed by atoms with Crippen LogP contribution in [0.3, 0.4) is 0 Å². The lowest BCUT2D eigenvalue weighted by Gasteiger charge is -2.07. The lowest BCUT2D eigenvalue weighted by Crippen LogP contribution is -2.16. The number of nitrogens with one attached hydrogen (secondary N) is 1. The molecule has 0 saturated heterocycles. The zero-order valence-corrected chi connectivity index (χ0v) is 16.2. The molecule has 0 radical (unpaired) electrons. The Morgan fingerprint density at radius 2 is 1.69 bits per heavy atom. The highest BCUT2D eigenvalue weighted by Crippen LogP contribution is 2.27. The second kappa shape index (κ2) is 8.20. The number of aromatic nitrogens is 3. The molecule has 0 aliphatic carbocycles. The Kier molecular flexibility index (Phi) is 5.31. The van der Waals surface area contributed by atoms with E-state index in [1.54, 1.807) is 14.2 Å². The van der Waals surface area contributed by atoms with E-state index in [1.165, 1.54) is 10.6 Å². The third-order valence-corrected chi connectivity index (χ3v) is 4.54. The van der Waals surface area contributed by atoms with E-state index in [1.807, 2.05) is 54.6 Å². The van der Waals surface area contributed by atoms with E-state index >= 15 is 0 Å². The Bertz CT molecular complexity index is 1160. The van der Waals surface area contributed by atoms with Gasteiger partial charge in [0.15, 0.2) is 5.65 Å². The quantitative estimate of drug-likeness (QED) is 0.522. The Balaban J connectivity index is 1.72. The number of fused-ring (bicyclic) bond motifs is 1. The van der Waals surface area contributed by atoms with E-state index in [2.05, 4.69) is 5.10 Å². The maximum absolute atomic E-state index is 12.7. The fourth-order valence-electron chi connectivity index (χ4n) is 3.19. The van der Waals surface area contributed by atoms with Gasteiger partial charge in [0, 0.05) is 18.7 Å². The first-order chi connectivity index (χ1) is 14.2. The summed E-state index contributed by atoms with van der Waals surface area (Å²) in [5, 5.41) is 3.11. The highest BCUT2D eigenvalue weighted by atomic mass is 16.5. The van der Waals surface area contributed by atoms with Gasteiger partial charge in [-0.15, -0.1) is 0 Å². The van der Waals surface area contributed by atoms with Crippen LogP contribution >= 0.6 is 0 Å².